The smallest absolute Gasteiger partial charge is 0.253 e. The number of halogens is 2. The lowest BCUT2D eigenvalue weighted by molar-refractivity contribution is -0.123. The van der Waals surface area contributed by atoms with Gasteiger partial charge in [0.1, 0.15) is 6.04 Å². The van der Waals surface area contributed by atoms with Gasteiger partial charge in [-0.1, -0.05) is 23.7 Å². The van der Waals surface area contributed by atoms with E-state index in [0.717, 1.165) is 18.7 Å². The van der Waals surface area contributed by atoms with Gasteiger partial charge in [-0.3, -0.25) is 9.59 Å². The molecule has 0 bridgehead atoms. The first-order chi connectivity index (χ1) is 11.1. The third-order valence-electron chi connectivity index (χ3n) is 3.25. The monoisotopic (exact) mass is 393 g/mol. The Morgan fingerprint density at radius 2 is 1.96 bits per heavy atom. The van der Waals surface area contributed by atoms with Crippen LogP contribution < -0.4 is 16.0 Å². The van der Waals surface area contributed by atoms with Gasteiger partial charge in [-0.2, -0.15) is 11.8 Å². The van der Waals surface area contributed by atoms with E-state index in [9.17, 15) is 9.59 Å². The maximum absolute atomic E-state index is 12.3. The van der Waals surface area contributed by atoms with E-state index in [1.807, 2.05) is 13.3 Å². The predicted octanol–water partition coefficient (Wildman–Crippen LogP) is 2.34. The van der Waals surface area contributed by atoms with Gasteiger partial charge < -0.3 is 16.0 Å². The molecule has 3 N–H and O–H groups in total. The Morgan fingerprint density at radius 3 is 2.58 bits per heavy atom. The first kappa shape index (κ1) is 23.1. The fraction of sp³-hybridized carbons (Fsp3) is 0.500. The molecule has 1 rings (SSSR count). The predicted molar refractivity (Wildman–Crippen MR) is 105 cm³/mol. The highest BCUT2D eigenvalue weighted by molar-refractivity contribution is 7.98. The van der Waals surface area contributed by atoms with Crippen molar-refractivity contribution >= 4 is 47.6 Å². The van der Waals surface area contributed by atoms with Crippen molar-refractivity contribution in [1.82, 2.24) is 16.0 Å². The molecule has 0 aliphatic heterocycles. The Bertz CT molecular complexity index is 518. The first-order valence-corrected chi connectivity index (χ1v) is 9.34. The molecular formula is C16H25Cl2N3O2S. The van der Waals surface area contributed by atoms with Crippen LogP contribution in [-0.2, 0) is 4.79 Å². The molecule has 0 radical (unpaired) electrons. The molecule has 5 nitrogen and oxygen atoms in total. The van der Waals surface area contributed by atoms with Crippen LogP contribution in [-0.4, -0.2) is 50.0 Å². The van der Waals surface area contributed by atoms with Crippen molar-refractivity contribution in [3.05, 3.63) is 34.9 Å². The number of carbonyl (C=O) groups excluding carboxylic acids is 2. The Labute approximate surface area is 159 Å². The van der Waals surface area contributed by atoms with Gasteiger partial charge in [-0.25, -0.2) is 0 Å². The van der Waals surface area contributed by atoms with Crippen LogP contribution in [0, 0.1) is 0 Å². The molecule has 0 aromatic heterocycles. The van der Waals surface area contributed by atoms with Gasteiger partial charge in [-0.15, -0.1) is 12.4 Å². The van der Waals surface area contributed by atoms with Crippen molar-refractivity contribution in [3.63, 3.8) is 0 Å². The molecule has 0 fully saturated rings. The average Bonchev–Trinajstić information content (AvgIpc) is 2.55. The van der Waals surface area contributed by atoms with Crippen molar-refractivity contribution in [2.24, 2.45) is 0 Å². The highest BCUT2D eigenvalue weighted by Crippen LogP contribution is 2.15. The molecule has 1 aromatic carbocycles. The standard InChI is InChI=1S/C16H24ClN3O2S.ClH/c1-18-9-5-10-19-16(22)14(8-11-23-2)20-15(21)12-6-3-4-7-13(12)17;/h3-4,6-7,14,18H,5,8-11H2,1-2H3,(H,19,22)(H,20,21);1H. The van der Waals surface area contributed by atoms with Crippen LogP contribution in [0.4, 0.5) is 0 Å². The van der Waals surface area contributed by atoms with Crippen molar-refractivity contribution < 1.29 is 9.59 Å². The Kier molecular flexibility index (Phi) is 12.8. The molecule has 0 saturated heterocycles. The van der Waals surface area contributed by atoms with Crippen LogP contribution in [0.3, 0.4) is 0 Å². The summed E-state index contributed by atoms with van der Waals surface area (Å²) in [6.07, 6.45) is 3.39. The number of hydrogen-bond acceptors (Lipinski definition) is 4. The highest BCUT2D eigenvalue weighted by Gasteiger charge is 2.21. The number of carbonyl (C=O) groups is 2. The van der Waals surface area contributed by atoms with E-state index < -0.39 is 6.04 Å². The van der Waals surface area contributed by atoms with Crippen molar-refractivity contribution in [2.75, 3.05) is 32.1 Å². The maximum Gasteiger partial charge on any atom is 0.253 e. The van der Waals surface area contributed by atoms with Crippen molar-refractivity contribution in [1.29, 1.82) is 0 Å². The highest BCUT2D eigenvalue weighted by atomic mass is 35.5. The Hall–Kier alpha value is -0.950. The third kappa shape index (κ3) is 8.24. The van der Waals surface area contributed by atoms with Gasteiger partial charge in [0.15, 0.2) is 0 Å². The quantitative estimate of drug-likeness (QED) is 0.533. The molecule has 136 valence electrons. The fourth-order valence-electron chi connectivity index (χ4n) is 1.99. The summed E-state index contributed by atoms with van der Waals surface area (Å²) in [5, 5.41) is 9.05. The summed E-state index contributed by atoms with van der Waals surface area (Å²) in [5.41, 5.74) is 0.381. The minimum absolute atomic E-state index is 0. The molecule has 0 saturated carbocycles. The summed E-state index contributed by atoms with van der Waals surface area (Å²) in [6.45, 7) is 1.42. The summed E-state index contributed by atoms with van der Waals surface area (Å²) in [4.78, 5) is 24.6. The zero-order valence-electron chi connectivity index (χ0n) is 13.9. The van der Waals surface area contributed by atoms with Crippen molar-refractivity contribution in [3.8, 4) is 0 Å². The minimum atomic E-state index is -0.555. The summed E-state index contributed by atoms with van der Waals surface area (Å²) in [7, 11) is 1.87. The SMILES string of the molecule is CNCCCNC(=O)C(CCSC)NC(=O)c1ccccc1Cl.Cl. The first-order valence-electron chi connectivity index (χ1n) is 7.56. The number of thioether (sulfide) groups is 1. The van der Waals surface area contributed by atoms with E-state index in [1.54, 1.807) is 36.0 Å². The molecule has 24 heavy (non-hydrogen) atoms. The second-order valence-corrected chi connectivity index (χ2v) is 6.43. The lowest BCUT2D eigenvalue weighted by Gasteiger charge is -2.18. The van der Waals surface area contributed by atoms with E-state index in [2.05, 4.69) is 16.0 Å². The fourth-order valence-corrected chi connectivity index (χ4v) is 2.68. The lowest BCUT2D eigenvalue weighted by Crippen LogP contribution is -2.47. The number of rotatable bonds is 10. The summed E-state index contributed by atoms with van der Waals surface area (Å²) in [6, 6.07) is 6.26. The topological polar surface area (TPSA) is 70.2 Å². The molecule has 1 aromatic rings. The van der Waals surface area contributed by atoms with E-state index in [0.29, 0.717) is 23.6 Å². The number of nitrogens with one attached hydrogen (secondary N) is 3. The normalized spacial score (nSPS) is 11.3. The van der Waals surface area contributed by atoms with Crippen LogP contribution in [0.1, 0.15) is 23.2 Å². The molecule has 8 heteroatoms. The largest absolute Gasteiger partial charge is 0.354 e. The molecule has 1 atom stereocenters. The van der Waals surface area contributed by atoms with Gasteiger partial charge in [-0.05, 0) is 50.6 Å². The van der Waals surface area contributed by atoms with E-state index in [-0.39, 0.29) is 24.2 Å². The molecule has 0 heterocycles. The maximum atomic E-state index is 12.3. The summed E-state index contributed by atoms with van der Waals surface area (Å²) in [5.74, 6) is 0.305. The second-order valence-electron chi connectivity index (χ2n) is 5.04. The van der Waals surface area contributed by atoms with E-state index in [4.69, 9.17) is 11.6 Å². The van der Waals surface area contributed by atoms with Crippen LogP contribution in [0.25, 0.3) is 0 Å². The minimum Gasteiger partial charge on any atom is -0.354 e. The van der Waals surface area contributed by atoms with Crippen LogP contribution in [0.2, 0.25) is 5.02 Å². The van der Waals surface area contributed by atoms with E-state index >= 15 is 0 Å². The van der Waals surface area contributed by atoms with Gasteiger partial charge in [0.25, 0.3) is 5.91 Å². The second kappa shape index (κ2) is 13.4. The number of hydrogen-bond donors (Lipinski definition) is 3. The van der Waals surface area contributed by atoms with Gasteiger partial charge in [0.2, 0.25) is 5.91 Å². The molecule has 0 spiro atoms. The van der Waals surface area contributed by atoms with Gasteiger partial charge >= 0.3 is 0 Å². The van der Waals surface area contributed by atoms with Crippen molar-refractivity contribution in [2.45, 2.75) is 18.9 Å². The number of amides is 2. The van der Waals surface area contributed by atoms with Crippen LogP contribution in [0.5, 0.6) is 0 Å². The third-order valence-corrected chi connectivity index (χ3v) is 4.23. The molecule has 0 aliphatic rings. The van der Waals surface area contributed by atoms with Crippen LogP contribution in [0.15, 0.2) is 24.3 Å². The Balaban J connectivity index is 0.00000529. The zero-order chi connectivity index (χ0) is 17.1. The summed E-state index contributed by atoms with van der Waals surface area (Å²) < 4.78 is 0. The van der Waals surface area contributed by atoms with Crippen LogP contribution >= 0.6 is 35.8 Å². The van der Waals surface area contributed by atoms with Gasteiger partial charge in [0.05, 0.1) is 10.6 Å². The van der Waals surface area contributed by atoms with E-state index in [1.165, 1.54) is 0 Å². The molecular weight excluding hydrogens is 369 g/mol. The molecule has 0 aliphatic carbocycles. The zero-order valence-corrected chi connectivity index (χ0v) is 16.3. The Morgan fingerprint density at radius 1 is 1.25 bits per heavy atom. The molecule has 2 amide bonds. The molecule has 1 unspecified atom stereocenters. The van der Waals surface area contributed by atoms with Gasteiger partial charge in [0, 0.05) is 6.54 Å². The number of benzene rings is 1. The summed E-state index contributed by atoms with van der Waals surface area (Å²) >= 11 is 7.67. The lowest BCUT2D eigenvalue weighted by atomic mass is 10.1. The average molecular weight is 394 g/mol.